The van der Waals surface area contributed by atoms with Gasteiger partial charge in [0.1, 0.15) is 0 Å². The minimum Gasteiger partial charge on any atom is -0.358 e. The number of hydrogen-bond acceptors (Lipinski definition) is 2. The van der Waals surface area contributed by atoms with Crippen LogP contribution in [-0.2, 0) is 5.41 Å². The van der Waals surface area contributed by atoms with E-state index in [0.29, 0.717) is 11.6 Å². The Labute approximate surface area is 91.5 Å². The third kappa shape index (κ3) is 0.979. The molecule has 0 unspecified atom stereocenters. The Balaban J connectivity index is 2.19. The van der Waals surface area contributed by atoms with Gasteiger partial charge in [-0.3, -0.25) is 4.90 Å². The molecule has 0 radical (unpaired) electrons. The third-order valence-electron chi connectivity index (χ3n) is 4.24. The first-order valence-electron chi connectivity index (χ1n) is 5.67. The van der Waals surface area contributed by atoms with Crippen molar-refractivity contribution in [1.82, 2.24) is 4.90 Å². The zero-order valence-electron chi connectivity index (χ0n) is 9.70. The average Bonchev–Trinajstić information content (AvgIpc) is 2.65. The molecule has 1 aromatic rings. The predicted molar refractivity (Wildman–Crippen MR) is 63.2 cm³/mol. The van der Waals surface area contributed by atoms with Crippen molar-refractivity contribution in [2.75, 3.05) is 25.5 Å². The summed E-state index contributed by atoms with van der Waals surface area (Å²) in [4.78, 5) is 4.91. The van der Waals surface area contributed by atoms with Gasteiger partial charge in [-0.25, -0.2) is 0 Å². The van der Waals surface area contributed by atoms with Gasteiger partial charge in [-0.15, -0.1) is 0 Å². The van der Waals surface area contributed by atoms with Crippen LogP contribution in [0.4, 0.5) is 5.69 Å². The SMILES string of the molecule is CN1CC[C@]2(C)c3ccccc3N(C)[C@H]12. The number of likely N-dealkylation sites (N-methyl/N-ethyl adjacent to an activating group) is 2. The molecule has 2 aliphatic heterocycles. The summed E-state index contributed by atoms with van der Waals surface area (Å²) in [5, 5.41) is 0. The van der Waals surface area contributed by atoms with Crippen LogP contribution in [0.5, 0.6) is 0 Å². The normalized spacial score (nSPS) is 34.3. The number of hydrogen-bond donors (Lipinski definition) is 0. The molecule has 3 rings (SSSR count). The molecule has 0 aromatic heterocycles. The van der Waals surface area contributed by atoms with Crippen molar-refractivity contribution in [1.29, 1.82) is 0 Å². The number of rotatable bonds is 0. The zero-order chi connectivity index (χ0) is 10.6. The first kappa shape index (κ1) is 9.22. The summed E-state index contributed by atoms with van der Waals surface area (Å²) >= 11 is 0. The molecule has 2 nitrogen and oxygen atoms in total. The Kier molecular flexibility index (Phi) is 1.70. The number of para-hydroxylation sites is 1. The number of likely N-dealkylation sites (tertiary alicyclic amines) is 1. The van der Waals surface area contributed by atoms with E-state index in [2.05, 4.69) is 55.1 Å². The van der Waals surface area contributed by atoms with E-state index in [9.17, 15) is 0 Å². The lowest BCUT2D eigenvalue weighted by Crippen LogP contribution is -2.45. The number of benzene rings is 1. The molecule has 1 fully saturated rings. The van der Waals surface area contributed by atoms with Crippen molar-refractivity contribution in [3.8, 4) is 0 Å². The maximum absolute atomic E-state index is 2.47. The van der Waals surface area contributed by atoms with Gasteiger partial charge in [0.15, 0.2) is 0 Å². The van der Waals surface area contributed by atoms with Crippen molar-refractivity contribution in [2.24, 2.45) is 0 Å². The molecule has 0 spiro atoms. The second-order valence-corrected chi connectivity index (χ2v) is 5.15. The summed E-state index contributed by atoms with van der Waals surface area (Å²) in [5.41, 5.74) is 3.28. The molecular weight excluding hydrogens is 184 g/mol. The van der Waals surface area contributed by atoms with Crippen LogP contribution in [0.25, 0.3) is 0 Å². The van der Waals surface area contributed by atoms with E-state index in [1.807, 2.05) is 0 Å². The lowest BCUT2D eigenvalue weighted by Gasteiger charge is -2.32. The first-order valence-corrected chi connectivity index (χ1v) is 5.67. The second kappa shape index (κ2) is 2.76. The van der Waals surface area contributed by atoms with Crippen LogP contribution in [0.2, 0.25) is 0 Å². The van der Waals surface area contributed by atoms with Gasteiger partial charge in [-0.2, -0.15) is 0 Å². The Hall–Kier alpha value is -1.02. The maximum atomic E-state index is 2.47. The minimum atomic E-state index is 0.333. The fourth-order valence-electron chi connectivity index (χ4n) is 3.54. The highest BCUT2D eigenvalue weighted by Crippen LogP contribution is 2.50. The third-order valence-corrected chi connectivity index (χ3v) is 4.24. The van der Waals surface area contributed by atoms with E-state index >= 15 is 0 Å². The van der Waals surface area contributed by atoms with Crippen molar-refractivity contribution >= 4 is 5.69 Å². The van der Waals surface area contributed by atoms with Crippen LogP contribution in [0.3, 0.4) is 0 Å². The van der Waals surface area contributed by atoms with Gasteiger partial charge in [0.25, 0.3) is 0 Å². The maximum Gasteiger partial charge on any atom is 0.0911 e. The summed E-state index contributed by atoms with van der Waals surface area (Å²) in [7, 11) is 4.45. The van der Waals surface area contributed by atoms with Gasteiger partial charge in [0.2, 0.25) is 0 Å². The summed E-state index contributed by atoms with van der Waals surface area (Å²) < 4.78 is 0. The predicted octanol–water partition coefficient (Wildman–Crippen LogP) is 2.06. The molecule has 0 N–H and O–H groups in total. The highest BCUT2D eigenvalue weighted by atomic mass is 15.4. The highest BCUT2D eigenvalue weighted by Gasteiger charge is 2.51. The largest absolute Gasteiger partial charge is 0.358 e. The van der Waals surface area contributed by atoms with Gasteiger partial charge in [0.05, 0.1) is 6.17 Å². The molecule has 80 valence electrons. The van der Waals surface area contributed by atoms with Crippen LogP contribution >= 0.6 is 0 Å². The fourth-order valence-corrected chi connectivity index (χ4v) is 3.54. The molecule has 1 aromatic carbocycles. The van der Waals surface area contributed by atoms with Crippen LogP contribution in [0.1, 0.15) is 18.9 Å². The lowest BCUT2D eigenvalue weighted by molar-refractivity contribution is 0.268. The average molecular weight is 202 g/mol. The van der Waals surface area contributed by atoms with Crippen molar-refractivity contribution in [2.45, 2.75) is 24.9 Å². The molecule has 0 amide bonds. The smallest absolute Gasteiger partial charge is 0.0911 e. The Morgan fingerprint density at radius 2 is 2.00 bits per heavy atom. The second-order valence-electron chi connectivity index (χ2n) is 5.15. The number of anilines is 1. The van der Waals surface area contributed by atoms with E-state index in [0.717, 1.165) is 0 Å². The van der Waals surface area contributed by atoms with Crippen LogP contribution in [0, 0.1) is 0 Å². The van der Waals surface area contributed by atoms with Gasteiger partial charge in [0, 0.05) is 24.7 Å². The molecular formula is C13H18N2. The molecule has 2 atom stereocenters. The van der Waals surface area contributed by atoms with E-state index in [1.165, 1.54) is 24.2 Å². The Morgan fingerprint density at radius 3 is 2.80 bits per heavy atom. The fraction of sp³-hybridized carbons (Fsp3) is 0.538. The van der Waals surface area contributed by atoms with E-state index in [-0.39, 0.29) is 0 Å². The zero-order valence-corrected chi connectivity index (χ0v) is 9.70. The molecule has 15 heavy (non-hydrogen) atoms. The minimum absolute atomic E-state index is 0.333. The Bertz CT molecular complexity index is 401. The van der Waals surface area contributed by atoms with Gasteiger partial charge in [-0.05, 0) is 25.1 Å². The first-order chi connectivity index (χ1) is 7.14. The van der Waals surface area contributed by atoms with E-state index in [1.54, 1.807) is 0 Å². The monoisotopic (exact) mass is 202 g/mol. The summed E-state index contributed by atoms with van der Waals surface area (Å²) in [6, 6.07) is 8.84. The number of nitrogens with zero attached hydrogens (tertiary/aromatic N) is 2. The molecule has 0 bridgehead atoms. The van der Waals surface area contributed by atoms with E-state index < -0.39 is 0 Å². The summed E-state index contributed by atoms with van der Waals surface area (Å²) in [6.07, 6.45) is 1.82. The summed E-state index contributed by atoms with van der Waals surface area (Å²) in [6.45, 7) is 3.61. The van der Waals surface area contributed by atoms with Gasteiger partial charge < -0.3 is 4.90 Å². The molecule has 2 heteroatoms. The van der Waals surface area contributed by atoms with E-state index in [4.69, 9.17) is 0 Å². The quantitative estimate of drug-likeness (QED) is 0.635. The van der Waals surface area contributed by atoms with Crippen molar-refractivity contribution in [3.05, 3.63) is 29.8 Å². The molecule has 2 aliphatic rings. The van der Waals surface area contributed by atoms with Crippen LogP contribution in [-0.4, -0.2) is 31.7 Å². The topological polar surface area (TPSA) is 6.48 Å². The summed E-state index contributed by atoms with van der Waals surface area (Å²) in [5.74, 6) is 0. The van der Waals surface area contributed by atoms with Gasteiger partial charge >= 0.3 is 0 Å². The molecule has 0 saturated carbocycles. The van der Waals surface area contributed by atoms with Gasteiger partial charge in [-0.1, -0.05) is 25.1 Å². The van der Waals surface area contributed by atoms with Crippen molar-refractivity contribution in [3.63, 3.8) is 0 Å². The molecule has 0 aliphatic carbocycles. The van der Waals surface area contributed by atoms with Crippen LogP contribution in [0.15, 0.2) is 24.3 Å². The Morgan fingerprint density at radius 1 is 1.27 bits per heavy atom. The highest BCUT2D eigenvalue weighted by molar-refractivity contribution is 5.64. The molecule has 2 heterocycles. The number of fused-ring (bicyclic) bond motifs is 3. The van der Waals surface area contributed by atoms with Crippen molar-refractivity contribution < 1.29 is 0 Å². The van der Waals surface area contributed by atoms with Crippen LogP contribution < -0.4 is 4.90 Å². The molecule has 1 saturated heterocycles. The standard InChI is InChI=1S/C13H18N2/c1-13-8-9-14(2)12(13)15(3)11-7-5-4-6-10(11)13/h4-7,12H,8-9H2,1-3H3/t12-,13+/m0/s1. The lowest BCUT2D eigenvalue weighted by atomic mass is 9.81.